The number of fused-ring (bicyclic) bond motifs is 1. The Kier molecular flexibility index (Phi) is 4.22. The summed E-state index contributed by atoms with van der Waals surface area (Å²) in [7, 11) is 0. The summed E-state index contributed by atoms with van der Waals surface area (Å²) in [4.78, 5) is 8.73. The Hall–Kier alpha value is -2.70. The van der Waals surface area contributed by atoms with E-state index in [1.54, 1.807) is 41.2 Å². The monoisotopic (exact) mass is 387 g/mol. The van der Waals surface area contributed by atoms with Gasteiger partial charge in [0, 0.05) is 27.4 Å². The summed E-state index contributed by atoms with van der Waals surface area (Å²) in [6, 6.07) is 11.2. The van der Waals surface area contributed by atoms with E-state index in [9.17, 15) is 4.39 Å². The average molecular weight is 388 g/mol. The lowest BCUT2D eigenvalue weighted by molar-refractivity contribution is 0.628. The molecule has 0 amide bonds. The van der Waals surface area contributed by atoms with E-state index < -0.39 is 0 Å². The van der Waals surface area contributed by atoms with Gasteiger partial charge in [0.1, 0.15) is 11.6 Å². The molecule has 4 rings (SSSR count). The second-order valence-electron chi connectivity index (χ2n) is 5.70. The second-order valence-corrected chi connectivity index (χ2v) is 6.52. The molecule has 2 aromatic carbocycles. The van der Waals surface area contributed by atoms with Crippen LogP contribution >= 0.6 is 23.2 Å². The van der Waals surface area contributed by atoms with Crippen LogP contribution in [0, 0.1) is 5.82 Å². The minimum absolute atomic E-state index is 0.297. The highest BCUT2D eigenvalue weighted by atomic mass is 35.5. The first-order chi connectivity index (χ1) is 12.5. The summed E-state index contributed by atoms with van der Waals surface area (Å²) in [5.41, 5.74) is 7.92. The Balaban J connectivity index is 1.75. The summed E-state index contributed by atoms with van der Waals surface area (Å²) < 4.78 is 14.8. The van der Waals surface area contributed by atoms with Crippen LogP contribution in [0.15, 0.2) is 48.7 Å². The molecule has 0 saturated carbocycles. The third kappa shape index (κ3) is 3.09. The standard InChI is InChI=1S/C18H12Cl2FN5/c19-14-2-1-3-15(20)12(14)8-26-9-13-16(22)23-17(24-18(13)25-26)10-4-6-11(21)7-5-10/h1-7,9H,8H2,(H2,22,23,24,25). The first kappa shape index (κ1) is 16.8. The fourth-order valence-electron chi connectivity index (χ4n) is 2.63. The van der Waals surface area contributed by atoms with Crippen LogP contribution in [0.4, 0.5) is 10.2 Å². The molecule has 5 nitrogen and oxygen atoms in total. The molecule has 0 saturated heterocycles. The number of nitrogens with two attached hydrogens (primary N) is 1. The minimum atomic E-state index is -0.330. The number of nitrogens with zero attached hydrogens (tertiary/aromatic N) is 4. The van der Waals surface area contributed by atoms with Crippen molar-refractivity contribution in [1.29, 1.82) is 0 Å². The van der Waals surface area contributed by atoms with Crippen LogP contribution in [0.3, 0.4) is 0 Å². The van der Waals surface area contributed by atoms with Crippen molar-refractivity contribution in [2.75, 3.05) is 5.73 Å². The Bertz CT molecular complexity index is 1090. The zero-order valence-electron chi connectivity index (χ0n) is 13.3. The molecule has 4 aromatic rings. The van der Waals surface area contributed by atoms with Crippen molar-refractivity contribution in [3.05, 3.63) is 70.1 Å². The van der Waals surface area contributed by atoms with Gasteiger partial charge in [0.25, 0.3) is 0 Å². The molecule has 0 aliphatic heterocycles. The van der Waals surface area contributed by atoms with Crippen LogP contribution < -0.4 is 5.73 Å². The molecule has 2 heterocycles. The average Bonchev–Trinajstić information content (AvgIpc) is 3.02. The van der Waals surface area contributed by atoms with E-state index in [4.69, 9.17) is 28.9 Å². The number of rotatable bonds is 3. The van der Waals surface area contributed by atoms with Gasteiger partial charge in [-0.3, -0.25) is 4.68 Å². The second kappa shape index (κ2) is 6.55. The molecular weight excluding hydrogens is 376 g/mol. The largest absolute Gasteiger partial charge is 0.383 e. The maximum Gasteiger partial charge on any atom is 0.186 e. The van der Waals surface area contributed by atoms with Crippen LogP contribution in [-0.4, -0.2) is 19.7 Å². The van der Waals surface area contributed by atoms with E-state index in [0.717, 1.165) is 5.56 Å². The third-order valence-electron chi connectivity index (χ3n) is 3.94. The van der Waals surface area contributed by atoms with Crippen LogP contribution in [0.1, 0.15) is 5.56 Å². The van der Waals surface area contributed by atoms with Crippen molar-refractivity contribution in [3.8, 4) is 11.4 Å². The van der Waals surface area contributed by atoms with Crippen molar-refractivity contribution in [2.24, 2.45) is 0 Å². The number of hydrogen-bond acceptors (Lipinski definition) is 4. The van der Waals surface area contributed by atoms with Crippen molar-refractivity contribution < 1.29 is 4.39 Å². The van der Waals surface area contributed by atoms with Crippen LogP contribution in [0.25, 0.3) is 22.4 Å². The highest BCUT2D eigenvalue weighted by Crippen LogP contribution is 2.27. The zero-order chi connectivity index (χ0) is 18.3. The lowest BCUT2D eigenvalue weighted by atomic mass is 10.2. The predicted octanol–water partition coefficient (Wildman–Crippen LogP) is 4.57. The molecule has 0 unspecified atom stereocenters. The first-order valence-corrected chi connectivity index (χ1v) is 8.46. The number of nitrogen functional groups attached to an aromatic ring is 1. The van der Waals surface area contributed by atoms with Crippen molar-refractivity contribution in [1.82, 2.24) is 19.7 Å². The molecule has 0 atom stereocenters. The fraction of sp³-hybridized carbons (Fsp3) is 0.0556. The SMILES string of the molecule is Nc1nc(-c2ccc(F)cc2)nc2nn(Cc3c(Cl)cccc3Cl)cc12. The lowest BCUT2D eigenvalue weighted by Gasteiger charge is -2.06. The molecule has 0 aliphatic carbocycles. The number of hydrogen-bond donors (Lipinski definition) is 1. The van der Waals surface area contributed by atoms with Gasteiger partial charge in [0.05, 0.1) is 11.9 Å². The van der Waals surface area contributed by atoms with Gasteiger partial charge in [-0.15, -0.1) is 0 Å². The van der Waals surface area contributed by atoms with Crippen LogP contribution in [-0.2, 0) is 6.54 Å². The van der Waals surface area contributed by atoms with Crippen molar-refractivity contribution >= 4 is 40.1 Å². The van der Waals surface area contributed by atoms with E-state index in [1.807, 2.05) is 0 Å². The fourth-order valence-corrected chi connectivity index (χ4v) is 3.15. The van der Waals surface area contributed by atoms with Crippen molar-refractivity contribution in [2.45, 2.75) is 6.54 Å². The van der Waals surface area contributed by atoms with E-state index in [0.29, 0.717) is 44.8 Å². The Morgan fingerprint density at radius 1 is 1.00 bits per heavy atom. The van der Waals surface area contributed by atoms with E-state index >= 15 is 0 Å². The molecule has 130 valence electrons. The Morgan fingerprint density at radius 3 is 2.38 bits per heavy atom. The third-order valence-corrected chi connectivity index (χ3v) is 4.65. The summed E-state index contributed by atoms with van der Waals surface area (Å²) in [6.07, 6.45) is 1.75. The lowest BCUT2D eigenvalue weighted by Crippen LogP contribution is -2.01. The van der Waals surface area contributed by atoms with Gasteiger partial charge in [-0.25, -0.2) is 14.4 Å². The molecule has 0 radical (unpaired) electrons. The van der Waals surface area contributed by atoms with Gasteiger partial charge >= 0.3 is 0 Å². The molecular formula is C18H12Cl2FN5. The van der Waals surface area contributed by atoms with Gasteiger partial charge in [-0.05, 0) is 36.4 Å². The predicted molar refractivity (Wildman–Crippen MR) is 101 cm³/mol. The van der Waals surface area contributed by atoms with Crippen LogP contribution in [0.2, 0.25) is 10.0 Å². The number of halogens is 3. The quantitative estimate of drug-likeness (QED) is 0.558. The molecule has 2 aromatic heterocycles. The first-order valence-electron chi connectivity index (χ1n) is 7.71. The highest BCUT2D eigenvalue weighted by Gasteiger charge is 2.13. The normalized spacial score (nSPS) is 11.2. The molecule has 8 heteroatoms. The summed E-state index contributed by atoms with van der Waals surface area (Å²) in [5, 5.41) is 6.19. The van der Waals surface area contributed by atoms with Gasteiger partial charge < -0.3 is 5.73 Å². The maximum atomic E-state index is 13.1. The summed E-state index contributed by atoms with van der Waals surface area (Å²) >= 11 is 12.4. The maximum absolute atomic E-state index is 13.1. The minimum Gasteiger partial charge on any atom is -0.383 e. The zero-order valence-corrected chi connectivity index (χ0v) is 14.8. The summed E-state index contributed by atoms with van der Waals surface area (Å²) in [6.45, 7) is 0.375. The highest BCUT2D eigenvalue weighted by molar-refractivity contribution is 6.35. The topological polar surface area (TPSA) is 69.6 Å². The molecule has 0 bridgehead atoms. The van der Waals surface area contributed by atoms with E-state index in [1.165, 1.54) is 12.1 Å². The molecule has 26 heavy (non-hydrogen) atoms. The van der Waals surface area contributed by atoms with Gasteiger partial charge in [-0.2, -0.15) is 5.10 Å². The smallest absolute Gasteiger partial charge is 0.186 e. The van der Waals surface area contributed by atoms with E-state index in [-0.39, 0.29) is 5.82 Å². The number of anilines is 1. The van der Waals surface area contributed by atoms with Gasteiger partial charge in [0.15, 0.2) is 11.5 Å². The van der Waals surface area contributed by atoms with E-state index in [2.05, 4.69) is 15.1 Å². The molecule has 0 fully saturated rings. The molecule has 0 spiro atoms. The number of aromatic nitrogens is 4. The Morgan fingerprint density at radius 2 is 1.69 bits per heavy atom. The van der Waals surface area contributed by atoms with Gasteiger partial charge in [0.2, 0.25) is 0 Å². The van der Waals surface area contributed by atoms with Crippen LogP contribution in [0.5, 0.6) is 0 Å². The molecule has 0 aliphatic rings. The van der Waals surface area contributed by atoms with Crippen molar-refractivity contribution in [3.63, 3.8) is 0 Å². The molecule has 2 N–H and O–H groups in total. The van der Waals surface area contributed by atoms with Gasteiger partial charge in [-0.1, -0.05) is 29.3 Å². The Labute approximate surface area is 158 Å². The summed E-state index contributed by atoms with van der Waals surface area (Å²) in [5.74, 6) is 0.352. The number of benzene rings is 2.